The lowest BCUT2D eigenvalue weighted by Gasteiger charge is -2.26. The van der Waals surface area contributed by atoms with Gasteiger partial charge < -0.3 is 9.47 Å². The van der Waals surface area contributed by atoms with Gasteiger partial charge in [0.1, 0.15) is 0 Å². The highest BCUT2D eigenvalue weighted by Crippen LogP contribution is 2.43. The van der Waals surface area contributed by atoms with Gasteiger partial charge in [-0.15, -0.1) is 0 Å². The Bertz CT molecular complexity index is 4010. The van der Waals surface area contributed by atoms with E-state index in [9.17, 15) is 0 Å². The fourth-order valence-electron chi connectivity index (χ4n) is 10.1. The molecule has 0 spiro atoms. The van der Waals surface area contributed by atoms with Gasteiger partial charge >= 0.3 is 0 Å². The summed E-state index contributed by atoms with van der Waals surface area (Å²) in [6.45, 7) is 0. The van der Waals surface area contributed by atoms with Gasteiger partial charge in [-0.1, -0.05) is 182 Å². The number of anilines is 3. The Morgan fingerprint density at radius 1 is 0.294 bits per heavy atom. The largest absolute Gasteiger partial charge is 0.310 e. The van der Waals surface area contributed by atoms with Gasteiger partial charge in [0.15, 0.2) is 0 Å². The minimum Gasteiger partial charge on any atom is -0.310 e. The molecule has 0 aliphatic rings. The van der Waals surface area contributed by atoms with Crippen LogP contribution in [0.3, 0.4) is 0 Å². The van der Waals surface area contributed by atoms with Gasteiger partial charge in [-0.3, -0.25) is 0 Å². The van der Waals surface area contributed by atoms with Crippen LogP contribution in [-0.2, 0) is 0 Å². The minimum atomic E-state index is 0.828. The third-order valence-corrected chi connectivity index (χ3v) is 13.3. The lowest BCUT2D eigenvalue weighted by molar-refractivity contribution is 1.18. The van der Waals surface area contributed by atoms with Crippen molar-refractivity contribution in [2.75, 3.05) is 4.90 Å². The van der Waals surface area contributed by atoms with Crippen LogP contribution in [0.2, 0.25) is 0 Å². The fourth-order valence-corrected chi connectivity index (χ4v) is 10.1. The molecule has 13 rings (SSSR count). The molecule has 0 radical (unpaired) electrons. The van der Waals surface area contributed by atoms with Crippen molar-refractivity contribution in [1.82, 2.24) is 14.5 Å². The molecule has 68 heavy (non-hydrogen) atoms. The summed E-state index contributed by atoms with van der Waals surface area (Å²) in [6, 6.07) is 91.0. The maximum absolute atomic E-state index is 5.73. The molecule has 2 aromatic heterocycles. The summed E-state index contributed by atoms with van der Waals surface area (Å²) in [6.07, 6.45) is 0. The average molecular weight is 867 g/mol. The molecule has 0 aliphatic carbocycles. The van der Waals surface area contributed by atoms with Crippen molar-refractivity contribution >= 4 is 71.4 Å². The molecular formula is C64H42N4. The van der Waals surface area contributed by atoms with E-state index in [2.05, 4.69) is 264 Å². The number of nitrogens with zero attached hydrogens (tertiary/aromatic N) is 4. The predicted molar refractivity (Wildman–Crippen MR) is 285 cm³/mol. The van der Waals surface area contributed by atoms with Crippen LogP contribution >= 0.6 is 0 Å². The molecule has 4 nitrogen and oxygen atoms in total. The van der Waals surface area contributed by atoms with Gasteiger partial charge in [0.25, 0.3) is 0 Å². The molecule has 13 aromatic rings. The molecule has 2 heterocycles. The van der Waals surface area contributed by atoms with Gasteiger partial charge in [-0.25, -0.2) is 9.97 Å². The topological polar surface area (TPSA) is 34.0 Å². The van der Waals surface area contributed by atoms with E-state index in [4.69, 9.17) is 9.97 Å². The Morgan fingerprint density at radius 2 is 0.750 bits per heavy atom. The predicted octanol–water partition coefficient (Wildman–Crippen LogP) is 17.2. The van der Waals surface area contributed by atoms with Crippen LogP contribution in [0.1, 0.15) is 0 Å². The Kier molecular flexibility index (Phi) is 9.47. The summed E-state index contributed by atoms with van der Waals surface area (Å²) in [5.41, 5.74) is 16.3. The number of rotatable bonds is 8. The van der Waals surface area contributed by atoms with E-state index in [0.29, 0.717) is 0 Å². The highest BCUT2D eigenvalue weighted by molar-refractivity contribution is 6.11. The van der Waals surface area contributed by atoms with Gasteiger partial charge in [0.2, 0.25) is 0 Å². The molecular weight excluding hydrogens is 825 g/mol. The van der Waals surface area contributed by atoms with Crippen molar-refractivity contribution in [3.8, 4) is 50.5 Å². The molecule has 0 saturated carbocycles. The van der Waals surface area contributed by atoms with Crippen molar-refractivity contribution in [3.05, 3.63) is 255 Å². The summed E-state index contributed by atoms with van der Waals surface area (Å²) in [5.74, 6) is 0. The van der Waals surface area contributed by atoms with Gasteiger partial charge in [-0.2, -0.15) is 0 Å². The van der Waals surface area contributed by atoms with Crippen LogP contribution in [0, 0.1) is 0 Å². The Morgan fingerprint density at radius 3 is 1.37 bits per heavy atom. The first-order valence-electron chi connectivity index (χ1n) is 23.1. The van der Waals surface area contributed by atoms with Crippen LogP contribution in [-0.4, -0.2) is 14.5 Å². The SMILES string of the molecule is c1ccc(-c2nc3c(-c4ccc5ccccc5c4)ccc(-c4ccc5ccccc5c4)c3nc2-c2ccc(N(c3ccccc3)c3ccc4c(c3)c3ccccc3n4-c3ccccc3)cc2)cc1. The second kappa shape index (κ2) is 16.4. The summed E-state index contributed by atoms with van der Waals surface area (Å²) >= 11 is 0. The molecule has 0 N–H and O–H groups in total. The zero-order chi connectivity index (χ0) is 45.0. The minimum absolute atomic E-state index is 0.828. The second-order valence-corrected chi connectivity index (χ2v) is 17.4. The lowest BCUT2D eigenvalue weighted by Crippen LogP contribution is -2.09. The van der Waals surface area contributed by atoms with E-state index >= 15 is 0 Å². The molecule has 0 unspecified atom stereocenters. The van der Waals surface area contributed by atoms with E-state index < -0.39 is 0 Å². The molecule has 0 aliphatic heterocycles. The summed E-state index contributed by atoms with van der Waals surface area (Å²) < 4.78 is 2.36. The van der Waals surface area contributed by atoms with Gasteiger partial charge in [-0.05, 0) is 105 Å². The molecule has 11 aromatic carbocycles. The van der Waals surface area contributed by atoms with Crippen LogP contribution < -0.4 is 4.90 Å². The highest BCUT2D eigenvalue weighted by atomic mass is 15.1. The molecule has 0 atom stereocenters. The lowest BCUT2D eigenvalue weighted by atomic mass is 9.94. The zero-order valence-electron chi connectivity index (χ0n) is 37.0. The Labute approximate surface area is 394 Å². The number of hydrogen-bond acceptors (Lipinski definition) is 3. The third kappa shape index (κ3) is 6.78. The van der Waals surface area contributed by atoms with Crippen LogP contribution in [0.4, 0.5) is 17.1 Å². The van der Waals surface area contributed by atoms with Crippen molar-refractivity contribution < 1.29 is 0 Å². The molecule has 0 bridgehead atoms. The maximum Gasteiger partial charge on any atom is 0.0979 e. The Hall–Kier alpha value is -9.12. The van der Waals surface area contributed by atoms with Crippen molar-refractivity contribution in [3.63, 3.8) is 0 Å². The second-order valence-electron chi connectivity index (χ2n) is 17.4. The van der Waals surface area contributed by atoms with Crippen molar-refractivity contribution in [2.24, 2.45) is 0 Å². The quantitative estimate of drug-likeness (QED) is 0.153. The summed E-state index contributed by atoms with van der Waals surface area (Å²) in [4.78, 5) is 13.8. The summed E-state index contributed by atoms with van der Waals surface area (Å²) in [5, 5.41) is 7.20. The smallest absolute Gasteiger partial charge is 0.0979 e. The maximum atomic E-state index is 5.73. The van der Waals surface area contributed by atoms with E-state index in [-0.39, 0.29) is 0 Å². The normalized spacial score (nSPS) is 11.5. The standard InChI is InChI=1S/C64H42N4/c1-4-18-45(19-5-1)61-62(66-64-56(50-31-29-44-17-11-13-21-48(44)41-50)38-37-55(63(64)65-61)49-30-28-43-16-10-12-20-47(43)40-49)46-32-34-53(35-33-46)67(51-22-6-2-7-23-51)54-36-39-60-58(42-54)57-26-14-15-27-59(57)68(60)52-24-8-3-9-25-52/h1-42H. The van der Waals surface area contributed by atoms with Gasteiger partial charge in [0.05, 0.1) is 33.5 Å². The molecule has 318 valence electrons. The fraction of sp³-hybridized carbons (Fsp3) is 0. The molecule has 4 heteroatoms. The number of aromatic nitrogens is 3. The number of hydrogen-bond donors (Lipinski definition) is 0. The first-order chi connectivity index (χ1) is 33.7. The van der Waals surface area contributed by atoms with Crippen LogP contribution in [0.5, 0.6) is 0 Å². The van der Waals surface area contributed by atoms with Crippen molar-refractivity contribution in [1.29, 1.82) is 0 Å². The first-order valence-corrected chi connectivity index (χ1v) is 23.1. The van der Waals surface area contributed by atoms with E-state index in [1.54, 1.807) is 0 Å². The molecule has 0 amide bonds. The number of fused-ring (bicyclic) bond motifs is 6. The average Bonchev–Trinajstić information content (AvgIpc) is 3.75. The number of benzene rings is 11. The van der Waals surface area contributed by atoms with E-state index in [1.807, 2.05) is 0 Å². The van der Waals surface area contributed by atoms with E-state index in [0.717, 1.165) is 78.6 Å². The highest BCUT2D eigenvalue weighted by Gasteiger charge is 2.22. The Balaban J connectivity index is 0.996. The zero-order valence-corrected chi connectivity index (χ0v) is 37.0. The molecule has 0 fully saturated rings. The third-order valence-electron chi connectivity index (χ3n) is 13.3. The molecule has 0 saturated heterocycles. The summed E-state index contributed by atoms with van der Waals surface area (Å²) in [7, 11) is 0. The monoisotopic (exact) mass is 866 g/mol. The van der Waals surface area contributed by atoms with Gasteiger partial charge in [0, 0.05) is 55.8 Å². The number of para-hydroxylation sites is 3. The first kappa shape index (κ1) is 39.3. The van der Waals surface area contributed by atoms with Crippen LogP contribution in [0.15, 0.2) is 255 Å². The van der Waals surface area contributed by atoms with Crippen LogP contribution in [0.25, 0.3) is 105 Å². The van der Waals surface area contributed by atoms with Crippen molar-refractivity contribution in [2.45, 2.75) is 0 Å². The van der Waals surface area contributed by atoms with E-state index in [1.165, 1.54) is 43.4 Å².